The van der Waals surface area contributed by atoms with Gasteiger partial charge in [-0.25, -0.2) is 4.79 Å². The summed E-state index contributed by atoms with van der Waals surface area (Å²) in [5.41, 5.74) is 2.13. The third-order valence-corrected chi connectivity index (χ3v) is 3.73. The van der Waals surface area contributed by atoms with E-state index in [-0.39, 0.29) is 5.97 Å². The summed E-state index contributed by atoms with van der Waals surface area (Å²) in [7, 11) is 0. The summed E-state index contributed by atoms with van der Waals surface area (Å²) >= 11 is 4.10. The molecule has 0 N–H and O–H groups in total. The van der Waals surface area contributed by atoms with Crippen LogP contribution in [0.1, 0.15) is 38.3 Å². The number of carbonyl (C=O) groups excluding carboxylic acids is 1. The standard InChI is InChI=1S/C22H25NO2S/c1-22(2,3)25-21(24)19(15-10-16-26)23-20(17-11-6-4-7-12-17)18-13-8-5-9-14-18/h4-14,16,19,26H,15H2,1-3H3/b16-10+/t19-/m0/s1. The van der Waals surface area contributed by atoms with Gasteiger partial charge in [0.1, 0.15) is 5.60 Å². The molecule has 0 radical (unpaired) electrons. The summed E-state index contributed by atoms with van der Waals surface area (Å²) in [5.74, 6) is -0.340. The molecule has 0 spiro atoms. The Morgan fingerprint density at radius 3 is 1.96 bits per heavy atom. The minimum atomic E-state index is -0.631. The Bertz CT molecular complexity index is 720. The van der Waals surface area contributed by atoms with Crippen molar-refractivity contribution in [3.8, 4) is 0 Å². The lowest BCUT2D eigenvalue weighted by atomic mass is 10.0. The Kier molecular flexibility index (Phi) is 7.22. The molecule has 3 nitrogen and oxygen atoms in total. The van der Waals surface area contributed by atoms with E-state index in [9.17, 15) is 4.79 Å². The molecule has 2 aromatic rings. The number of nitrogens with zero attached hydrogens (tertiary/aromatic N) is 1. The first-order valence-corrected chi connectivity index (χ1v) is 9.13. The van der Waals surface area contributed by atoms with Crippen molar-refractivity contribution in [2.24, 2.45) is 4.99 Å². The van der Waals surface area contributed by atoms with Gasteiger partial charge in [-0.05, 0) is 32.6 Å². The van der Waals surface area contributed by atoms with Crippen molar-refractivity contribution in [3.05, 3.63) is 83.3 Å². The average molecular weight is 368 g/mol. The molecule has 0 heterocycles. The lowest BCUT2D eigenvalue weighted by Crippen LogP contribution is -2.31. The highest BCUT2D eigenvalue weighted by Crippen LogP contribution is 2.17. The fourth-order valence-corrected chi connectivity index (χ4v) is 2.55. The molecule has 0 bridgehead atoms. The fraction of sp³-hybridized carbons (Fsp3) is 0.273. The van der Waals surface area contributed by atoms with E-state index in [1.54, 1.807) is 5.41 Å². The topological polar surface area (TPSA) is 38.7 Å². The highest BCUT2D eigenvalue weighted by molar-refractivity contribution is 7.83. The van der Waals surface area contributed by atoms with Gasteiger partial charge in [0.05, 0.1) is 5.71 Å². The number of rotatable bonds is 6. The average Bonchev–Trinajstić information content (AvgIpc) is 2.62. The molecule has 0 amide bonds. The molecule has 26 heavy (non-hydrogen) atoms. The third kappa shape index (κ3) is 6.19. The lowest BCUT2D eigenvalue weighted by Gasteiger charge is -2.22. The van der Waals surface area contributed by atoms with Gasteiger partial charge in [-0.1, -0.05) is 66.7 Å². The molecule has 0 saturated heterocycles. The van der Waals surface area contributed by atoms with Crippen LogP contribution in [-0.2, 0) is 9.53 Å². The molecule has 0 unspecified atom stereocenters. The number of carbonyl (C=O) groups is 1. The van der Waals surface area contributed by atoms with Crippen molar-refractivity contribution >= 4 is 24.3 Å². The van der Waals surface area contributed by atoms with Crippen LogP contribution >= 0.6 is 12.6 Å². The maximum atomic E-state index is 12.7. The van der Waals surface area contributed by atoms with E-state index < -0.39 is 11.6 Å². The van der Waals surface area contributed by atoms with Crippen LogP contribution in [0.5, 0.6) is 0 Å². The predicted octanol–water partition coefficient (Wildman–Crippen LogP) is 5.07. The smallest absolute Gasteiger partial charge is 0.331 e. The zero-order valence-corrected chi connectivity index (χ0v) is 16.3. The van der Waals surface area contributed by atoms with Gasteiger partial charge in [0.2, 0.25) is 0 Å². The second kappa shape index (κ2) is 9.39. The van der Waals surface area contributed by atoms with Gasteiger partial charge in [-0.15, -0.1) is 0 Å². The lowest BCUT2D eigenvalue weighted by molar-refractivity contribution is -0.156. The molecule has 136 valence electrons. The zero-order valence-electron chi connectivity index (χ0n) is 15.4. The first-order valence-electron chi connectivity index (χ1n) is 8.61. The molecule has 0 aliphatic rings. The van der Waals surface area contributed by atoms with Gasteiger partial charge < -0.3 is 4.74 Å². The number of hydrogen-bond donors (Lipinski definition) is 1. The van der Waals surface area contributed by atoms with Crippen LogP contribution in [0, 0.1) is 0 Å². The molecular formula is C22H25NO2S. The van der Waals surface area contributed by atoms with Crippen molar-refractivity contribution in [1.29, 1.82) is 0 Å². The van der Waals surface area contributed by atoms with Crippen LogP contribution in [-0.4, -0.2) is 23.3 Å². The molecule has 1 atom stereocenters. The normalized spacial score (nSPS) is 12.6. The highest BCUT2D eigenvalue weighted by Gasteiger charge is 2.25. The van der Waals surface area contributed by atoms with E-state index in [0.29, 0.717) is 6.42 Å². The summed E-state index contributed by atoms with van der Waals surface area (Å²) in [5, 5.41) is 1.62. The first kappa shape index (κ1) is 20.0. The van der Waals surface area contributed by atoms with Crippen molar-refractivity contribution < 1.29 is 9.53 Å². The minimum absolute atomic E-state index is 0.340. The van der Waals surface area contributed by atoms with Crippen molar-refractivity contribution in [3.63, 3.8) is 0 Å². The Hall–Kier alpha value is -2.33. The predicted molar refractivity (Wildman–Crippen MR) is 111 cm³/mol. The highest BCUT2D eigenvalue weighted by atomic mass is 32.1. The van der Waals surface area contributed by atoms with Crippen molar-refractivity contribution in [2.45, 2.75) is 38.8 Å². The summed E-state index contributed by atoms with van der Waals surface area (Å²) < 4.78 is 5.56. The van der Waals surface area contributed by atoms with E-state index in [0.717, 1.165) is 16.8 Å². The number of hydrogen-bond acceptors (Lipinski definition) is 4. The molecule has 0 aliphatic carbocycles. The van der Waals surface area contributed by atoms with E-state index in [1.165, 1.54) is 0 Å². The Balaban J connectivity index is 2.47. The number of ether oxygens (including phenoxy) is 1. The molecule has 2 aromatic carbocycles. The molecule has 0 aromatic heterocycles. The molecular weight excluding hydrogens is 342 g/mol. The number of aliphatic imine (C=N–C) groups is 1. The second-order valence-electron chi connectivity index (χ2n) is 6.88. The van der Waals surface area contributed by atoms with Gasteiger partial charge in [-0.2, -0.15) is 12.6 Å². The zero-order chi connectivity index (χ0) is 19.0. The largest absolute Gasteiger partial charge is 0.458 e. The van der Waals surface area contributed by atoms with E-state index >= 15 is 0 Å². The second-order valence-corrected chi connectivity index (χ2v) is 7.18. The summed E-state index contributed by atoms with van der Waals surface area (Å²) in [6.07, 6.45) is 2.25. The van der Waals surface area contributed by atoms with Crippen LogP contribution in [0.25, 0.3) is 0 Å². The number of esters is 1. The Morgan fingerprint density at radius 2 is 1.54 bits per heavy atom. The maximum Gasteiger partial charge on any atom is 0.331 e. The minimum Gasteiger partial charge on any atom is -0.458 e. The monoisotopic (exact) mass is 367 g/mol. The van der Waals surface area contributed by atoms with E-state index in [4.69, 9.17) is 9.73 Å². The number of benzene rings is 2. The first-order chi connectivity index (χ1) is 12.4. The molecule has 4 heteroatoms. The van der Waals surface area contributed by atoms with Crippen LogP contribution in [0.4, 0.5) is 0 Å². The third-order valence-electron chi connectivity index (χ3n) is 3.52. The maximum absolute atomic E-state index is 12.7. The van der Waals surface area contributed by atoms with Gasteiger partial charge in [0, 0.05) is 11.1 Å². The molecule has 0 saturated carbocycles. The number of thiol groups is 1. The van der Waals surface area contributed by atoms with Crippen LogP contribution in [0.15, 0.2) is 77.1 Å². The van der Waals surface area contributed by atoms with Crippen LogP contribution < -0.4 is 0 Å². The van der Waals surface area contributed by atoms with Gasteiger partial charge in [-0.3, -0.25) is 4.99 Å². The SMILES string of the molecule is CC(C)(C)OC(=O)[C@H](C/C=C/S)N=C(c1ccccc1)c1ccccc1. The summed E-state index contributed by atoms with van der Waals surface area (Å²) in [4.78, 5) is 17.5. The molecule has 0 fully saturated rings. The molecule has 2 rings (SSSR count). The van der Waals surface area contributed by atoms with Gasteiger partial charge >= 0.3 is 5.97 Å². The summed E-state index contributed by atoms with van der Waals surface area (Å²) in [6, 6.07) is 19.1. The van der Waals surface area contributed by atoms with Crippen molar-refractivity contribution in [2.75, 3.05) is 0 Å². The fourth-order valence-electron chi connectivity index (χ4n) is 2.42. The Morgan fingerprint density at radius 1 is 1.04 bits per heavy atom. The van der Waals surface area contributed by atoms with Gasteiger partial charge in [0.15, 0.2) is 6.04 Å². The summed E-state index contributed by atoms with van der Waals surface area (Å²) in [6.45, 7) is 5.57. The quantitative estimate of drug-likeness (QED) is 0.440. The Labute approximate surface area is 161 Å². The van der Waals surface area contributed by atoms with Gasteiger partial charge in [0.25, 0.3) is 0 Å². The molecule has 0 aliphatic heterocycles. The van der Waals surface area contributed by atoms with Crippen LogP contribution in [0.3, 0.4) is 0 Å². The van der Waals surface area contributed by atoms with Crippen LogP contribution in [0.2, 0.25) is 0 Å². The van der Waals surface area contributed by atoms with Crippen molar-refractivity contribution in [1.82, 2.24) is 0 Å². The van der Waals surface area contributed by atoms with E-state index in [2.05, 4.69) is 12.6 Å². The van der Waals surface area contributed by atoms with E-state index in [1.807, 2.05) is 87.5 Å².